The summed E-state index contributed by atoms with van der Waals surface area (Å²) in [5.74, 6) is -1.66. The normalized spacial score (nSPS) is 22.6. The van der Waals surface area contributed by atoms with Crippen molar-refractivity contribution in [3.05, 3.63) is 18.0 Å². The lowest BCUT2D eigenvalue weighted by molar-refractivity contribution is -0.147. The van der Waals surface area contributed by atoms with Crippen LogP contribution in [0, 0.1) is 5.92 Å². The van der Waals surface area contributed by atoms with Crippen LogP contribution in [0.5, 0.6) is 0 Å². The zero-order valence-electron chi connectivity index (χ0n) is 14.6. The highest BCUT2D eigenvalue weighted by Gasteiger charge is 2.55. The Kier molecular flexibility index (Phi) is 4.53. The molecule has 0 aliphatic carbocycles. The minimum atomic E-state index is -0.923. The van der Waals surface area contributed by atoms with E-state index in [1.165, 1.54) is 0 Å². The minimum Gasteiger partial charge on any atom is -0.481 e. The molecule has 3 heterocycles. The van der Waals surface area contributed by atoms with Gasteiger partial charge < -0.3 is 14.9 Å². The lowest BCUT2D eigenvalue weighted by atomic mass is 9.77. The number of amides is 2. The third-order valence-corrected chi connectivity index (χ3v) is 5.87. The van der Waals surface area contributed by atoms with Crippen molar-refractivity contribution in [1.82, 2.24) is 19.6 Å². The van der Waals surface area contributed by atoms with Crippen molar-refractivity contribution in [2.45, 2.75) is 37.6 Å². The van der Waals surface area contributed by atoms with Crippen molar-refractivity contribution >= 4 is 17.8 Å². The summed E-state index contributed by atoms with van der Waals surface area (Å²) in [7, 11) is 3.54. The van der Waals surface area contributed by atoms with Gasteiger partial charge in [0.1, 0.15) is 0 Å². The standard InChI is InChI=1S/C17H24N4O4/c1-19-15(23)11-13(16(24)25)17(19)6-9-21(10-7-17)14(22)4-3-12-5-8-18-20(12)2/h5,8,13H,3-4,6-7,9-11H2,1-2H3,(H,24,25). The number of likely N-dealkylation sites (tertiary alicyclic amines) is 2. The minimum absolute atomic E-state index is 0.0558. The summed E-state index contributed by atoms with van der Waals surface area (Å²) in [5, 5.41) is 13.6. The SMILES string of the molecule is CN1C(=O)CC(C(=O)O)C12CCN(C(=O)CCc1ccnn1C)CC2. The first-order valence-electron chi connectivity index (χ1n) is 8.59. The summed E-state index contributed by atoms with van der Waals surface area (Å²) in [6, 6.07) is 1.90. The quantitative estimate of drug-likeness (QED) is 0.843. The maximum atomic E-state index is 12.5. The van der Waals surface area contributed by atoms with Crippen LogP contribution >= 0.6 is 0 Å². The van der Waals surface area contributed by atoms with Crippen molar-refractivity contribution < 1.29 is 19.5 Å². The largest absolute Gasteiger partial charge is 0.481 e. The number of piperidine rings is 1. The van der Waals surface area contributed by atoms with E-state index in [0.29, 0.717) is 38.8 Å². The molecule has 8 heteroatoms. The second kappa shape index (κ2) is 6.50. The summed E-state index contributed by atoms with van der Waals surface area (Å²) < 4.78 is 1.76. The number of hydrogen-bond acceptors (Lipinski definition) is 4. The first-order valence-corrected chi connectivity index (χ1v) is 8.59. The summed E-state index contributed by atoms with van der Waals surface area (Å²) >= 11 is 0. The van der Waals surface area contributed by atoms with Gasteiger partial charge in [0.2, 0.25) is 11.8 Å². The fraction of sp³-hybridized carbons (Fsp3) is 0.647. The molecule has 1 aromatic rings. The van der Waals surface area contributed by atoms with Crippen molar-refractivity contribution in [3.63, 3.8) is 0 Å². The molecule has 2 aliphatic rings. The van der Waals surface area contributed by atoms with E-state index in [-0.39, 0.29) is 18.2 Å². The Balaban J connectivity index is 1.61. The summed E-state index contributed by atoms with van der Waals surface area (Å²) in [5.41, 5.74) is 0.357. The third kappa shape index (κ3) is 3.01. The van der Waals surface area contributed by atoms with Gasteiger partial charge in [-0.05, 0) is 25.3 Å². The molecule has 2 saturated heterocycles. The van der Waals surface area contributed by atoms with E-state index in [1.807, 2.05) is 13.1 Å². The maximum Gasteiger partial charge on any atom is 0.309 e. The van der Waals surface area contributed by atoms with Crippen LogP contribution in [-0.4, -0.2) is 68.1 Å². The number of aromatic nitrogens is 2. The average molecular weight is 348 g/mol. The van der Waals surface area contributed by atoms with Gasteiger partial charge in [-0.25, -0.2) is 0 Å². The number of aryl methyl sites for hydroxylation is 2. The Morgan fingerprint density at radius 3 is 2.56 bits per heavy atom. The molecule has 0 bridgehead atoms. The topological polar surface area (TPSA) is 95.7 Å². The van der Waals surface area contributed by atoms with Gasteiger partial charge in [0.25, 0.3) is 0 Å². The number of rotatable bonds is 4. The van der Waals surface area contributed by atoms with Crippen LogP contribution in [0.2, 0.25) is 0 Å². The molecule has 0 radical (unpaired) electrons. The molecular formula is C17H24N4O4. The second-order valence-electron chi connectivity index (χ2n) is 6.98. The first kappa shape index (κ1) is 17.4. The summed E-state index contributed by atoms with van der Waals surface area (Å²) in [6.07, 6.45) is 3.84. The zero-order valence-corrected chi connectivity index (χ0v) is 14.6. The molecule has 136 valence electrons. The highest BCUT2D eigenvalue weighted by atomic mass is 16.4. The van der Waals surface area contributed by atoms with Gasteiger partial charge >= 0.3 is 5.97 Å². The van der Waals surface area contributed by atoms with E-state index in [0.717, 1.165) is 5.69 Å². The number of carboxylic acid groups (broad SMARTS) is 1. The van der Waals surface area contributed by atoms with Crippen LogP contribution in [-0.2, 0) is 27.9 Å². The fourth-order valence-corrected chi connectivity index (χ4v) is 4.17. The first-order chi connectivity index (χ1) is 11.8. The van der Waals surface area contributed by atoms with E-state index >= 15 is 0 Å². The van der Waals surface area contributed by atoms with Gasteiger partial charge in [-0.2, -0.15) is 5.10 Å². The Bertz CT molecular complexity index is 691. The van der Waals surface area contributed by atoms with Gasteiger partial charge in [0.15, 0.2) is 0 Å². The van der Waals surface area contributed by atoms with Crippen molar-refractivity contribution in [3.8, 4) is 0 Å². The number of hydrogen-bond donors (Lipinski definition) is 1. The van der Waals surface area contributed by atoms with Gasteiger partial charge in [-0.3, -0.25) is 19.1 Å². The van der Waals surface area contributed by atoms with Crippen molar-refractivity contribution in [2.24, 2.45) is 13.0 Å². The molecular weight excluding hydrogens is 324 g/mol. The van der Waals surface area contributed by atoms with E-state index in [2.05, 4.69) is 5.10 Å². The molecule has 2 fully saturated rings. The molecule has 1 N–H and O–H groups in total. The number of carbonyl (C=O) groups is 3. The second-order valence-corrected chi connectivity index (χ2v) is 6.98. The van der Waals surface area contributed by atoms with Crippen LogP contribution in [0.3, 0.4) is 0 Å². The average Bonchev–Trinajstić information content (AvgIpc) is 3.10. The van der Waals surface area contributed by atoms with E-state index in [4.69, 9.17) is 0 Å². The van der Waals surface area contributed by atoms with Crippen molar-refractivity contribution in [1.29, 1.82) is 0 Å². The monoisotopic (exact) mass is 348 g/mol. The molecule has 8 nitrogen and oxygen atoms in total. The Labute approximate surface area is 146 Å². The summed E-state index contributed by atoms with van der Waals surface area (Å²) in [6.45, 7) is 0.983. The Morgan fingerprint density at radius 1 is 1.32 bits per heavy atom. The van der Waals surface area contributed by atoms with Crippen LogP contribution in [0.25, 0.3) is 0 Å². The molecule has 1 aromatic heterocycles. The molecule has 1 unspecified atom stereocenters. The zero-order chi connectivity index (χ0) is 18.2. The third-order valence-electron chi connectivity index (χ3n) is 5.87. The molecule has 2 aliphatic heterocycles. The molecule has 25 heavy (non-hydrogen) atoms. The van der Waals surface area contributed by atoms with E-state index in [9.17, 15) is 19.5 Å². The predicted molar refractivity (Wildman–Crippen MR) is 88.6 cm³/mol. The fourth-order valence-electron chi connectivity index (χ4n) is 4.17. The number of carboxylic acids is 1. The molecule has 2 amide bonds. The molecule has 0 aromatic carbocycles. The summed E-state index contributed by atoms with van der Waals surface area (Å²) in [4.78, 5) is 39.5. The molecule has 1 atom stereocenters. The van der Waals surface area contributed by atoms with Crippen LogP contribution in [0.4, 0.5) is 0 Å². The number of nitrogens with zero attached hydrogens (tertiary/aromatic N) is 4. The van der Waals surface area contributed by atoms with Gasteiger partial charge in [-0.15, -0.1) is 0 Å². The smallest absolute Gasteiger partial charge is 0.309 e. The Morgan fingerprint density at radius 2 is 2.00 bits per heavy atom. The van der Waals surface area contributed by atoms with E-state index in [1.54, 1.807) is 27.7 Å². The highest BCUT2D eigenvalue weighted by molar-refractivity contribution is 5.88. The predicted octanol–water partition coefficient (Wildman–Crippen LogP) is 0.277. The van der Waals surface area contributed by atoms with Crippen LogP contribution in [0.1, 0.15) is 31.4 Å². The lowest BCUT2D eigenvalue weighted by Crippen LogP contribution is -2.57. The van der Waals surface area contributed by atoms with Gasteiger partial charge in [0.05, 0.1) is 11.5 Å². The maximum absolute atomic E-state index is 12.5. The van der Waals surface area contributed by atoms with Gasteiger partial charge in [-0.1, -0.05) is 0 Å². The number of aliphatic carboxylic acids is 1. The molecule has 0 saturated carbocycles. The van der Waals surface area contributed by atoms with Crippen molar-refractivity contribution in [2.75, 3.05) is 20.1 Å². The molecule has 1 spiro atoms. The highest BCUT2D eigenvalue weighted by Crippen LogP contribution is 2.42. The van der Waals surface area contributed by atoms with Gasteiger partial charge in [0, 0.05) is 51.9 Å². The Hall–Kier alpha value is -2.38. The number of carbonyl (C=O) groups excluding carboxylic acids is 2. The van der Waals surface area contributed by atoms with E-state index < -0.39 is 17.4 Å². The van der Waals surface area contributed by atoms with Crippen LogP contribution < -0.4 is 0 Å². The lowest BCUT2D eigenvalue weighted by Gasteiger charge is -2.45. The van der Waals surface area contributed by atoms with Crippen LogP contribution in [0.15, 0.2) is 12.3 Å². The molecule has 3 rings (SSSR count).